The van der Waals surface area contributed by atoms with Crippen LogP contribution in [0.1, 0.15) is 17.3 Å². The summed E-state index contributed by atoms with van der Waals surface area (Å²) in [5, 5.41) is 3.27. The lowest BCUT2D eigenvalue weighted by atomic mass is 10.0. The Morgan fingerprint density at radius 3 is 3.19 bits per heavy atom. The van der Waals surface area contributed by atoms with Crippen molar-refractivity contribution in [3.05, 3.63) is 29.6 Å². The van der Waals surface area contributed by atoms with Gasteiger partial charge in [0.15, 0.2) is 0 Å². The number of piperazine rings is 1. The molecule has 0 radical (unpaired) electrons. The summed E-state index contributed by atoms with van der Waals surface area (Å²) in [5.74, 6) is 0. The molecule has 0 spiro atoms. The molecule has 3 N–H and O–H groups in total. The fourth-order valence-electron chi connectivity index (χ4n) is 2.09. The number of primary amides is 1. The Balaban J connectivity index is 2.30. The minimum Gasteiger partial charge on any atom is -0.351 e. The van der Waals surface area contributed by atoms with Gasteiger partial charge in [-0.3, -0.25) is 4.98 Å². The van der Waals surface area contributed by atoms with E-state index in [0.717, 1.165) is 24.3 Å². The number of hydrogen-bond donors (Lipinski definition) is 2. The third kappa shape index (κ3) is 1.99. The van der Waals surface area contributed by atoms with Crippen molar-refractivity contribution in [1.82, 2.24) is 15.2 Å². The zero-order valence-electron chi connectivity index (χ0n) is 9.31. The first-order valence-corrected chi connectivity index (χ1v) is 5.38. The molecule has 2 amide bonds. The van der Waals surface area contributed by atoms with Gasteiger partial charge in [0.1, 0.15) is 0 Å². The molecule has 0 aliphatic carbocycles. The Hall–Kier alpha value is -1.62. The van der Waals surface area contributed by atoms with E-state index in [4.69, 9.17) is 5.73 Å². The Kier molecular flexibility index (Phi) is 3.05. The number of nitrogens with one attached hydrogen (secondary N) is 1. The maximum atomic E-state index is 11.3. The molecule has 2 rings (SSSR count). The van der Waals surface area contributed by atoms with Crippen LogP contribution < -0.4 is 11.1 Å². The molecule has 5 heteroatoms. The van der Waals surface area contributed by atoms with E-state index in [-0.39, 0.29) is 12.1 Å². The average Bonchev–Trinajstić information content (AvgIpc) is 2.29. The van der Waals surface area contributed by atoms with Gasteiger partial charge in [0, 0.05) is 31.5 Å². The van der Waals surface area contributed by atoms with Gasteiger partial charge in [-0.25, -0.2) is 4.79 Å². The van der Waals surface area contributed by atoms with Crippen LogP contribution >= 0.6 is 0 Å². The van der Waals surface area contributed by atoms with Gasteiger partial charge in [-0.05, 0) is 18.6 Å². The molecule has 1 aliphatic rings. The van der Waals surface area contributed by atoms with Gasteiger partial charge in [-0.15, -0.1) is 0 Å². The van der Waals surface area contributed by atoms with Gasteiger partial charge in [0.2, 0.25) is 0 Å². The highest BCUT2D eigenvalue weighted by Crippen LogP contribution is 2.23. The third-order valence-electron chi connectivity index (χ3n) is 2.93. The molecule has 0 saturated carbocycles. The quantitative estimate of drug-likeness (QED) is 0.720. The first-order valence-electron chi connectivity index (χ1n) is 5.38. The van der Waals surface area contributed by atoms with Crippen LogP contribution in [0.5, 0.6) is 0 Å². The smallest absolute Gasteiger partial charge is 0.315 e. The zero-order chi connectivity index (χ0) is 11.5. The van der Waals surface area contributed by atoms with Gasteiger partial charge < -0.3 is 16.0 Å². The normalized spacial score (nSPS) is 20.8. The molecule has 1 aromatic rings. The molecule has 1 atom stereocenters. The van der Waals surface area contributed by atoms with Gasteiger partial charge in [0.25, 0.3) is 0 Å². The molecule has 2 heterocycles. The van der Waals surface area contributed by atoms with Gasteiger partial charge >= 0.3 is 6.03 Å². The highest BCUT2D eigenvalue weighted by molar-refractivity contribution is 5.72. The Morgan fingerprint density at radius 2 is 2.50 bits per heavy atom. The van der Waals surface area contributed by atoms with Crippen LogP contribution in [0.3, 0.4) is 0 Å². The first-order chi connectivity index (χ1) is 7.70. The SMILES string of the molecule is Cc1ncccc1C1CNCCN1C(N)=O. The number of nitrogens with two attached hydrogens (primary N) is 1. The maximum absolute atomic E-state index is 11.3. The summed E-state index contributed by atoms with van der Waals surface area (Å²) < 4.78 is 0. The van der Waals surface area contributed by atoms with E-state index in [9.17, 15) is 4.79 Å². The Bertz CT molecular complexity index is 393. The van der Waals surface area contributed by atoms with Crippen LogP contribution in [0.15, 0.2) is 18.3 Å². The fraction of sp³-hybridized carbons (Fsp3) is 0.455. The number of carbonyl (C=O) groups is 1. The molecule has 0 aromatic carbocycles. The number of rotatable bonds is 1. The van der Waals surface area contributed by atoms with E-state index in [2.05, 4.69) is 10.3 Å². The second kappa shape index (κ2) is 4.49. The maximum Gasteiger partial charge on any atom is 0.315 e. The number of pyridine rings is 1. The molecular formula is C11H16N4O. The number of nitrogens with zero attached hydrogens (tertiary/aromatic N) is 2. The Morgan fingerprint density at radius 1 is 1.69 bits per heavy atom. The van der Waals surface area contributed by atoms with Gasteiger partial charge in [0.05, 0.1) is 6.04 Å². The van der Waals surface area contributed by atoms with Crippen molar-refractivity contribution >= 4 is 6.03 Å². The first kappa shape index (κ1) is 10.9. The lowest BCUT2D eigenvalue weighted by Crippen LogP contribution is -2.50. The number of amides is 2. The lowest BCUT2D eigenvalue weighted by Gasteiger charge is -2.35. The number of aromatic nitrogens is 1. The predicted octanol–water partition coefficient (Wildman–Crippen LogP) is 0.415. The van der Waals surface area contributed by atoms with Gasteiger partial charge in [-0.1, -0.05) is 6.07 Å². The van der Waals surface area contributed by atoms with Crippen molar-refractivity contribution in [2.24, 2.45) is 5.73 Å². The summed E-state index contributed by atoms with van der Waals surface area (Å²) in [6.07, 6.45) is 1.75. The van der Waals surface area contributed by atoms with E-state index < -0.39 is 0 Å². The zero-order valence-corrected chi connectivity index (χ0v) is 9.31. The van der Waals surface area contributed by atoms with E-state index >= 15 is 0 Å². The minimum absolute atomic E-state index is 0.0000463. The monoisotopic (exact) mass is 220 g/mol. The molecule has 86 valence electrons. The highest BCUT2D eigenvalue weighted by atomic mass is 16.2. The molecule has 16 heavy (non-hydrogen) atoms. The van der Waals surface area contributed by atoms with Crippen LogP contribution in [0.4, 0.5) is 4.79 Å². The number of urea groups is 1. The molecule has 0 bridgehead atoms. The van der Waals surface area contributed by atoms with Crippen LogP contribution in [0.25, 0.3) is 0 Å². The van der Waals surface area contributed by atoms with E-state index in [0.29, 0.717) is 6.54 Å². The minimum atomic E-state index is -0.366. The van der Waals surface area contributed by atoms with E-state index in [1.165, 1.54) is 0 Å². The second-order valence-electron chi connectivity index (χ2n) is 3.93. The summed E-state index contributed by atoms with van der Waals surface area (Å²) in [7, 11) is 0. The van der Waals surface area contributed by atoms with E-state index in [1.54, 1.807) is 11.1 Å². The van der Waals surface area contributed by atoms with Crippen molar-refractivity contribution in [1.29, 1.82) is 0 Å². The summed E-state index contributed by atoms with van der Waals surface area (Å²) >= 11 is 0. The molecular weight excluding hydrogens is 204 g/mol. The van der Waals surface area contributed by atoms with E-state index in [1.807, 2.05) is 19.1 Å². The van der Waals surface area contributed by atoms with Crippen molar-refractivity contribution in [3.8, 4) is 0 Å². The van der Waals surface area contributed by atoms with Crippen LogP contribution in [0.2, 0.25) is 0 Å². The van der Waals surface area contributed by atoms with Crippen LogP contribution in [-0.4, -0.2) is 35.5 Å². The molecule has 1 aliphatic heterocycles. The predicted molar refractivity (Wildman–Crippen MR) is 60.9 cm³/mol. The Labute approximate surface area is 94.6 Å². The summed E-state index contributed by atoms with van der Waals surface area (Å²) in [6, 6.07) is 3.51. The molecule has 5 nitrogen and oxygen atoms in total. The standard InChI is InChI=1S/C11H16N4O/c1-8-9(3-2-4-14-8)10-7-13-5-6-15(10)11(12)16/h2-4,10,13H,5-7H2,1H3,(H2,12,16). The molecule has 1 aromatic heterocycles. The van der Waals surface area contributed by atoms with Gasteiger partial charge in [-0.2, -0.15) is 0 Å². The molecule has 1 saturated heterocycles. The molecule has 1 unspecified atom stereocenters. The van der Waals surface area contributed by atoms with Crippen molar-refractivity contribution in [2.45, 2.75) is 13.0 Å². The third-order valence-corrected chi connectivity index (χ3v) is 2.93. The molecule has 1 fully saturated rings. The fourth-order valence-corrected chi connectivity index (χ4v) is 2.09. The summed E-state index contributed by atoms with van der Waals surface area (Å²) in [5.41, 5.74) is 7.39. The summed E-state index contributed by atoms with van der Waals surface area (Å²) in [4.78, 5) is 17.3. The highest BCUT2D eigenvalue weighted by Gasteiger charge is 2.27. The van der Waals surface area contributed by atoms with Crippen molar-refractivity contribution in [3.63, 3.8) is 0 Å². The van der Waals surface area contributed by atoms with Crippen LogP contribution in [0, 0.1) is 6.92 Å². The summed E-state index contributed by atoms with van der Waals surface area (Å²) in [6.45, 7) is 4.12. The number of carbonyl (C=O) groups excluding carboxylic acids is 1. The van der Waals surface area contributed by atoms with Crippen molar-refractivity contribution in [2.75, 3.05) is 19.6 Å². The van der Waals surface area contributed by atoms with Crippen LogP contribution in [-0.2, 0) is 0 Å². The second-order valence-corrected chi connectivity index (χ2v) is 3.93. The number of aryl methyl sites for hydroxylation is 1. The average molecular weight is 220 g/mol. The lowest BCUT2D eigenvalue weighted by molar-refractivity contribution is 0.167. The number of hydrogen-bond acceptors (Lipinski definition) is 3. The topological polar surface area (TPSA) is 71.2 Å². The van der Waals surface area contributed by atoms with Crippen molar-refractivity contribution < 1.29 is 4.79 Å². The largest absolute Gasteiger partial charge is 0.351 e.